The summed E-state index contributed by atoms with van der Waals surface area (Å²) in [5, 5.41) is 0.978. The van der Waals surface area contributed by atoms with Gasteiger partial charge in [0.05, 0.1) is 11.3 Å². The zero-order chi connectivity index (χ0) is 18.7. The summed E-state index contributed by atoms with van der Waals surface area (Å²) in [5.41, 5.74) is 1.54. The normalized spacial score (nSPS) is 20.9. The number of likely N-dealkylation sites (tertiary alicyclic amines) is 1. The maximum absolute atomic E-state index is 12.7. The van der Waals surface area contributed by atoms with Gasteiger partial charge < -0.3 is 4.90 Å². The first-order valence-electron chi connectivity index (χ1n) is 10.2. The standard InChI is InChI=1S/C21H29N3O2S/c25-27(26,16-18-7-4-6-17-8-5-13-22-21(17)18)23-19-11-14-24(15-12-19)20-9-2-1-3-10-20/h4-8,13,19-20,23H,1-3,9-12,14-16H2. The van der Waals surface area contributed by atoms with Gasteiger partial charge in [0.2, 0.25) is 10.0 Å². The Labute approximate surface area is 162 Å². The molecule has 1 aliphatic heterocycles. The first-order chi connectivity index (χ1) is 13.1. The van der Waals surface area contributed by atoms with Crippen LogP contribution in [0, 0.1) is 0 Å². The number of aromatic nitrogens is 1. The van der Waals surface area contributed by atoms with Crippen molar-refractivity contribution in [2.75, 3.05) is 13.1 Å². The summed E-state index contributed by atoms with van der Waals surface area (Å²) < 4.78 is 28.4. The van der Waals surface area contributed by atoms with Crippen molar-refractivity contribution in [3.05, 3.63) is 42.1 Å². The molecule has 0 bridgehead atoms. The fourth-order valence-electron chi connectivity index (χ4n) is 4.61. The molecule has 1 saturated carbocycles. The van der Waals surface area contributed by atoms with Crippen LogP contribution in [0.1, 0.15) is 50.5 Å². The van der Waals surface area contributed by atoms with Crippen molar-refractivity contribution in [2.24, 2.45) is 0 Å². The van der Waals surface area contributed by atoms with E-state index in [-0.39, 0.29) is 11.8 Å². The third kappa shape index (κ3) is 4.68. The van der Waals surface area contributed by atoms with Crippen molar-refractivity contribution in [3.63, 3.8) is 0 Å². The average molecular weight is 388 g/mol. The molecule has 1 aliphatic carbocycles. The van der Waals surface area contributed by atoms with E-state index in [4.69, 9.17) is 0 Å². The Morgan fingerprint density at radius 3 is 2.52 bits per heavy atom. The molecule has 1 saturated heterocycles. The van der Waals surface area contributed by atoms with Crippen molar-refractivity contribution in [1.29, 1.82) is 0 Å². The molecule has 4 rings (SSSR count). The Kier molecular flexibility index (Phi) is 5.76. The molecule has 0 amide bonds. The monoisotopic (exact) mass is 387 g/mol. The summed E-state index contributed by atoms with van der Waals surface area (Å²) in [4.78, 5) is 6.96. The summed E-state index contributed by atoms with van der Waals surface area (Å²) in [7, 11) is -3.38. The number of fused-ring (bicyclic) bond motifs is 1. The summed E-state index contributed by atoms with van der Waals surface area (Å²) in [6.45, 7) is 2.02. The first kappa shape index (κ1) is 18.8. The highest BCUT2D eigenvalue weighted by Crippen LogP contribution is 2.26. The van der Waals surface area contributed by atoms with E-state index in [0.717, 1.165) is 48.4 Å². The number of pyridine rings is 1. The van der Waals surface area contributed by atoms with Crippen LogP contribution < -0.4 is 4.72 Å². The van der Waals surface area contributed by atoms with Gasteiger partial charge in [-0.2, -0.15) is 0 Å². The van der Waals surface area contributed by atoms with E-state index in [1.807, 2.05) is 30.3 Å². The van der Waals surface area contributed by atoms with Crippen LogP contribution in [-0.2, 0) is 15.8 Å². The number of nitrogens with zero attached hydrogens (tertiary/aromatic N) is 2. The van der Waals surface area contributed by atoms with Crippen molar-refractivity contribution in [3.8, 4) is 0 Å². The van der Waals surface area contributed by atoms with E-state index < -0.39 is 10.0 Å². The van der Waals surface area contributed by atoms with Gasteiger partial charge in [0.25, 0.3) is 0 Å². The minimum atomic E-state index is -3.38. The Balaban J connectivity index is 1.36. The Hall–Kier alpha value is -1.50. The first-order valence-corrected chi connectivity index (χ1v) is 11.8. The van der Waals surface area contributed by atoms with E-state index in [9.17, 15) is 8.42 Å². The zero-order valence-electron chi connectivity index (χ0n) is 15.8. The van der Waals surface area contributed by atoms with Gasteiger partial charge in [0.1, 0.15) is 0 Å². The number of piperidine rings is 1. The molecule has 0 radical (unpaired) electrons. The second-order valence-electron chi connectivity index (χ2n) is 7.97. The van der Waals surface area contributed by atoms with Crippen LogP contribution >= 0.6 is 0 Å². The maximum atomic E-state index is 12.7. The number of para-hydroxylation sites is 1. The summed E-state index contributed by atoms with van der Waals surface area (Å²) in [5.74, 6) is -0.00973. The average Bonchev–Trinajstić information content (AvgIpc) is 2.69. The molecular formula is C21H29N3O2S. The Morgan fingerprint density at radius 2 is 1.74 bits per heavy atom. The van der Waals surface area contributed by atoms with E-state index in [0.29, 0.717) is 0 Å². The number of sulfonamides is 1. The SMILES string of the molecule is O=S(=O)(Cc1cccc2cccnc12)NC1CCN(C2CCCCC2)CC1. The van der Waals surface area contributed by atoms with Crippen LogP contribution in [0.5, 0.6) is 0 Å². The molecule has 1 aromatic heterocycles. The van der Waals surface area contributed by atoms with Crippen LogP contribution in [-0.4, -0.2) is 43.5 Å². The van der Waals surface area contributed by atoms with Gasteiger partial charge in [-0.05, 0) is 50.4 Å². The molecule has 1 N–H and O–H groups in total. The molecule has 2 fully saturated rings. The summed E-state index contributed by atoms with van der Waals surface area (Å²) >= 11 is 0. The second-order valence-corrected chi connectivity index (χ2v) is 9.73. The predicted octanol–water partition coefficient (Wildman–Crippen LogP) is 3.45. The second kappa shape index (κ2) is 8.25. The van der Waals surface area contributed by atoms with Gasteiger partial charge in [0.15, 0.2) is 0 Å². The maximum Gasteiger partial charge on any atom is 0.216 e. The van der Waals surface area contributed by atoms with Crippen molar-refractivity contribution >= 4 is 20.9 Å². The van der Waals surface area contributed by atoms with Crippen LogP contribution in [0.3, 0.4) is 0 Å². The lowest BCUT2D eigenvalue weighted by molar-refractivity contribution is 0.120. The van der Waals surface area contributed by atoms with Gasteiger partial charge in [-0.15, -0.1) is 0 Å². The number of rotatable bonds is 5. The van der Waals surface area contributed by atoms with Crippen molar-refractivity contribution < 1.29 is 8.42 Å². The van der Waals surface area contributed by atoms with Crippen LogP contribution in [0.25, 0.3) is 10.9 Å². The lowest BCUT2D eigenvalue weighted by Crippen LogP contribution is -2.48. The zero-order valence-corrected chi connectivity index (χ0v) is 16.6. The molecule has 2 heterocycles. The number of benzene rings is 1. The minimum absolute atomic E-state index is 0.00973. The van der Waals surface area contributed by atoms with Gasteiger partial charge in [-0.3, -0.25) is 4.98 Å². The van der Waals surface area contributed by atoms with Crippen molar-refractivity contribution in [2.45, 2.75) is 62.8 Å². The molecule has 146 valence electrons. The quantitative estimate of drug-likeness (QED) is 0.854. The number of nitrogens with one attached hydrogen (secondary N) is 1. The Bertz CT molecular complexity index is 865. The number of hydrogen-bond acceptors (Lipinski definition) is 4. The molecule has 0 unspecified atom stereocenters. The molecule has 27 heavy (non-hydrogen) atoms. The van der Waals surface area contributed by atoms with E-state index in [1.54, 1.807) is 6.20 Å². The third-order valence-electron chi connectivity index (χ3n) is 6.03. The molecule has 6 heteroatoms. The highest BCUT2D eigenvalue weighted by atomic mass is 32.2. The molecule has 2 aliphatic rings. The van der Waals surface area contributed by atoms with E-state index in [1.165, 1.54) is 32.1 Å². The van der Waals surface area contributed by atoms with Gasteiger partial charge in [0, 0.05) is 23.7 Å². The fraction of sp³-hybridized carbons (Fsp3) is 0.571. The third-order valence-corrected chi connectivity index (χ3v) is 7.41. The molecule has 0 spiro atoms. The topological polar surface area (TPSA) is 62.3 Å². The minimum Gasteiger partial charge on any atom is -0.300 e. The molecule has 1 aromatic carbocycles. The molecule has 2 aromatic rings. The highest BCUT2D eigenvalue weighted by molar-refractivity contribution is 7.88. The lowest BCUT2D eigenvalue weighted by Gasteiger charge is -2.39. The number of hydrogen-bond donors (Lipinski definition) is 1. The van der Waals surface area contributed by atoms with Gasteiger partial charge in [-0.25, -0.2) is 13.1 Å². The molecule has 0 atom stereocenters. The molecular weight excluding hydrogens is 358 g/mol. The van der Waals surface area contributed by atoms with E-state index in [2.05, 4.69) is 14.6 Å². The highest BCUT2D eigenvalue weighted by Gasteiger charge is 2.28. The van der Waals surface area contributed by atoms with Gasteiger partial charge >= 0.3 is 0 Å². The smallest absolute Gasteiger partial charge is 0.216 e. The van der Waals surface area contributed by atoms with Gasteiger partial charge in [-0.1, -0.05) is 43.5 Å². The summed E-state index contributed by atoms with van der Waals surface area (Å²) in [6, 6.07) is 10.3. The van der Waals surface area contributed by atoms with E-state index >= 15 is 0 Å². The predicted molar refractivity (Wildman–Crippen MR) is 109 cm³/mol. The van der Waals surface area contributed by atoms with Crippen LogP contribution in [0.4, 0.5) is 0 Å². The van der Waals surface area contributed by atoms with Crippen LogP contribution in [0.15, 0.2) is 36.5 Å². The fourth-order valence-corrected chi connectivity index (χ4v) is 6.08. The Morgan fingerprint density at radius 1 is 1.00 bits per heavy atom. The van der Waals surface area contributed by atoms with Crippen LogP contribution in [0.2, 0.25) is 0 Å². The lowest BCUT2D eigenvalue weighted by atomic mass is 9.92. The van der Waals surface area contributed by atoms with Crippen molar-refractivity contribution in [1.82, 2.24) is 14.6 Å². The summed E-state index contributed by atoms with van der Waals surface area (Å²) in [6.07, 6.45) is 10.2. The molecule has 5 nitrogen and oxygen atoms in total. The largest absolute Gasteiger partial charge is 0.300 e.